The molecule has 2 fully saturated rings. The van der Waals surface area contributed by atoms with Crippen LogP contribution in [0.25, 0.3) is 0 Å². The van der Waals surface area contributed by atoms with Crippen LogP contribution < -0.4 is 0 Å². The molecule has 2 aliphatic rings. The van der Waals surface area contributed by atoms with E-state index in [1.807, 2.05) is 0 Å². The molecule has 2 nitrogen and oxygen atoms in total. The second-order valence-corrected chi connectivity index (χ2v) is 6.37. The lowest BCUT2D eigenvalue weighted by molar-refractivity contribution is -0.0168. The van der Waals surface area contributed by atoms with Crippen LogP contribution in [0.1, 0.15) is 71.6 Å². The number of hydrogen-bond donors (Lipinski definition) is 1. The van der Waals surface area contributed by atoms with E-state index >= 15 is 0 Å². The zero-order valence-corrected chi connectivity index (χ0v) is 12.3. The minimum atomic E-state index is -0.0695. The average molecular weight is 253 g/mol. The van der Waals surface area contributed by atoms with Crippen molar-refractivity contribution in [2.75, 3.05) is 6.54 Å². The third-order valence-corrected chi connectivity index (χ3v) is 5.29. The van der Waals surface area contributed by atoms with Gasteiger partial charge in [-0.3, -0.25) is 4.90 Å². The molecule has 0 spiro atoms. The van der Waals surface area contributed by atoms with Gasteiger partial charge in [0.15, 0.2) is 0 Å². The summed E-state index contributed by atoms with van der Waals surface area (Å²) in [5, 5.41) is 10.4. The molecular formula is C16H31NO. The van der Waals surface area contributed by atoms with Crippen molar-refractivity contribution in [3.8, 4) is 0 Å². The van der Waals surface area contributed by atoms with Gasteiger partial charge in [0.05, 0.1) is 6.10 Å². The molecule has 1 N–H and O–H groups in total. The molecule has 18 heavy (non-hydrogen) atoms. The van der Waals surface area contributed by atoms with Gasteiger partial charge in [0.1, 0.15) is 0 Å². The first-order valence-electron chi connectivity index (χ1n) is 8.20. The van der Waals surface area contributed by atoms with Crippen molar-refractivity contribution < 1.29 is 5.11 Å². The first kappa shape index (κ1) is 14.3. The molecule has 1 saturated heterocycles. The summed E-state index contributed by atoms with van der Waals surface area (Å²) in [5.41, 5.74) is 0. The van der Waals surface area contributed by atoms with Crippen LogP contribution in [0.15, 0.2) is 0 Å². The Balaban J connectivity index is 2.05. The van der Waals surface area contributed by atoms with Crippen LogP contribution in [-0.4, -0.2) is 34.7 Å². The Kier molecular flexibility index (Phi) is 5.50. The predicted molar refractivity (Wildman–Crippen MR) is 76.7 cm³/mol. The van der Waals surface area contributed by atoms with Crippen molar-refractivity contribution in [2.45, 2.75) is 89.8 Å². The summed E-state index contributed by atoms with van der Waals surface area (Å²) < 4.78 is 0. The largest absolute Gasteiger partial charge is 0.391 e. The van der Waals surface area contributed by atoms with Gasteiger partial charge < -0.3 is 5.11 Å². The van der Waals surface area contributed by atoms with Crippen LogP contribution in [0.3, 0.4) is 0 Å². The topological polar surface area (TPSA) is 23.5 Å². The molecule has 106 valence electrons. The van der Waals surface area contributed by atoms with E-state index in [0.717, 1.165) is 18.4 Å². The highest BCUT2D eigenvalue weighted by Gasteiger charge is 2.35. The second kappa shape index (κ2) is 6.91. The summed E-state index contributed by atoms with van der Waals surface area (Å²) in [6.45, 7) is 5.84. The summed E-state index contributed by atoms with van der Waals surface area (Å²) in [6, 6.07) is 1.18. The highest BCUT2D eigenvalue weighted by Crippen LogP contribution is 2.33. The van der Waals surface area contributed by atoms with Crippen LogP contribution >= 0.6 is 0 Å². The Bertz CT molecular complexity index is 243. The number of likely N-dealkylation sites (tertiary alicyclic amines) is 1. The molecular weight excluding hydrogens is 222 g/mol. The summed E-state index contributed by atoms with van der Waals surface area (Å²) in [6.07, 6.45) is 11.4. The van der Waals surface area contributed by atoms with Gasteiger partial charge >= 0.3 is 0 Å². The van der Waals surface area contributed by atoms with Crippen molar-refractivity contribution in [1.29, 1.82) is 0 Å². The van der Waals surface area contributed by atoms with Crippen molar-refractivity contribution in [3.05, 3.63) is 0 Å². The third kappa shape index (κ3) is 3.27. The van der Waals surface area contributed by atoms with Gasteiger partial charge in [-0.2, -0.15) is 0 Å². The smallest absolute Gasteiger partial charge is 0.0695 e. The number of nitrogens with zero attached hydrogens (tertiary/aromatic N) is 1. The maximum absolute atomic E-state index is 10.4. The highest BCUT2D eigenvalue weighted by molar-refractivity contribution is 4.90. The first-order valence-corrected chi connectivity index (χ1v) is 8.20. The molecule has 0 radical (unpaired) electrons. The monoisotopic (exact) mass is 253 g/mol. The normalized spacial score (nSPS) is 39.5. The van der Waals surface area contributed by atoms with Crippen LogP contribution in [0.2, 0.25) is 0 Å². The average Bonchev–Trinajstić information content (AvgIpc) is 2.64. The van der Waals surface area contributed by atoms with Gasteiger partial charge in [-0.1, -0.05) is 33.1 Å². The standard InChI is InChI=1S/C16H31NO/c1-3-13-9-10-16(18)15(12-13)17-11-7-5-6-8-14(17)4-2/h13-16,18H,3-12H2,1-2H3. The van der Waals surface area contributed by atoms with E-state index in [2.05, 4.69) is 18.7 Å². The zero-order valence-electron chi connectivity index (χ0n) is 12.3. The number of rotatable bonds is 3. The number of aliphatic hydroxyl groups is 1. The Labute approximate surface area is 113 Å². The molecule has 2 heteroatoms. The molecule has 1 heterocycles. The van der Waals surface area contributed by atoms with Gasteiger partial charge in [-0.25, -0.2) is 0 Å². The molecule has 0 aromatic heterocycles. The molecule has 0 bridgehead atoms. The Morgan fingerprint density at radius 1 is 1.00 bits per heavy atom. The van der Waals surface area contributed by atoms with Crippen molar-refractivity contribution in [1.82, 2.24) is 4.90 Å². The predicted octanol–water partition coefficient (Wildman–Crippen LogP) is 3.58. The van der Waals surface area contributed by atoms with E-state index in [-0.39, 0.29) is 6.10 Å². The Hall–Kier alpha value is -0.0800. The summed E-state index contributed by atoms with van der Waals surface area (Å²) >= 11 is 0. The van der Waals surface area contributed by atoms with E-state index in [4.69, 9.17) is 0 Å². The molecule has 4 unspecified atom stereocenters. The molecule has 0 aromatic carbocycles. The Morgan fingerprint density at radius 3 is 2.56 bits per heavy atom. The SMILES string of the molecule is CCC1CCC(O)C(N2CCCCCC2CC)C1. The highest BCUT2D eigenvalue weighted by atomic mass is 16.3. The van der Waals surface area contributed by atoms with Crippen molar-refractivity contribution in [3.63, 3.8) is 0 Å². The van der Waals surface area contributed by atoms with E-state index in [0.29, 0.717) is 6.04 Å². The fourth-order valence-electron chi connectivity index (χ4n) is 4.02. The molecule has 0 aromatic rings. The summed E-state index contributed by atoms with van der Waals surface area (Å²) in [5.74, 6) is 0.846. The lowest BCUT2D eigenvalue weighted by Gasteiger charge is -2.43. The molecule has 2 rings (SSSR count). The Morgan fingerprint density at radius 2 is 1.83 bits per heavy atom. The summed E-state index contributed by atoms with van der Waals surface area (Å²) in [4.78, 5) is 2.68. The second-order valence-electron chi connectivity index (χ2n) is 6.37. The number of hydrogen-bond acceptors (Lipinski definition) is 2. The number of aliphatic hydroxyl groups excluding tert-OH is 1. The van der Waals surface area contributed by atoms with E-state index in [9.17, 15) is 5.11 Å². The first-order chi connectivity index (χ1) is 8.76. The van der Waals surface area contributed by atoms with Crippen LogP contribution in [0, 0.1) is 5.92 Å². The van der Waals surface area contributed by atoms with Gasteiger partial charge in [-0.15, -0.1) is 0 Å². The van der Waals surface area contributed by atoms with Crippen LogP contribution in [0.4, 0.5) is 0 Å². The molecule has 1 aliphatic carbocycles. The molecule has 4 atom stereocenters. The maximum atomic E-state index is 10.4. The van der Waals surface area contributed by atoms with Crippen molar-refractivity contribution >= 4 is 0 Å². The molecule has 1 saturated carbocycles. The fourth-order valence-corrected chi connectivity index (χ4v) is 4.02. The van der Waals surface area contributed by atoms with Crippen LogP contribution in [-0.2, 0) is 0 Å². The third-order valence-electron chi connectivity index (χ3n) is 5.29. The van der Waals surface area contributed by atoms with E-state index in [1.54, 1.807) is 0 Å². The quantitative estimate of drug-likeness (QED) is 0.831. The van der Waals surface area contributed by atoms with Gasteiger partial charge in [0.2, 0.25) is 0 Å². The maximum Gasteiger partial charge on any atom is 0.0695 e. The lowest BCUT2D eigenvalue weighted by Crippen LogP contribution is -2.51. The van der Waals surface area contributed by atoms with E-state index < -0.39 is 0 Å². The minimum absolute atomic E-state index is 0.0695. The van der Waals surface area contributed by atoms with E-state index in [1.165, 1.54) is 57.9 Å². The lowest BCUT2D eigenvalue weighted by atomic mass is 9.81. The summed E-state index contributed by atoms with van der Waals surface area (Å²) in [7, 11) is 0. The van der Waals surface area contributed by atoms with Gasteiger partial charge in [-0.05, 0) is 51.0 Å². The van der Waals surface area contributed by atoms with Gasteiger partial charge in [0.25, 0.3) is 0 Å². The molecule has 0 amide bonds. The fraction of sp³-hybridized carbons (Fsp3) is 1.00. The van der Waals surface area contributed by atoms with Gasteiger partial charge in [0, 0.05) is 12.1 Å². The van der Waals surface area contributed by atoms with Crippen molar-refractivity contribution in [2.24, 2.45) is 5.92 Å². The van der Waals surface area contributed by atoms with Crippen LogP contribution in [0.5, 0.6) is 0 Å². The zero-order chi connectivity index (χ0) is 13.0. The minimum Gasteiger partial charge on any atom is -0.391 e. The molecule has 1 aliphatic heterocycles.